The SMILES string of the molecule is O=[N+]([O-])c1ccc([C@@H](O)C/C=C\[C@@H](O)c2ccccc2)cc1. The fourth-order valence-electron chi connectivity index (χ4n) is 2.05. The van der Waals surface area contributed by atoms with Crippen LogP contribution >= 0.6 is 0 Å². The molecule has 0 aromatic heterocycles. The highest BCUT2D eigenvalue weighted by Gasteiger charge is 2.09. The molecule has 0 aliphatic heterocycles. The number of nitro benzene ring substituents is 1. The van der Waals surface area contributed by atoms with Crippen molar-refractivity contribution in [2.45, 2.75) is 18.6 Å². The molecule has 2 N–H and O–H groups in total. The quantitative estimate of drug-likeness (QED) is 0.487. The Hall–Kier alpha value is -2.50. The molecule has 0 bridgehead atoms. The zero-order valence-electron chi connectivity index (χ0n) is 11.9. The largest absolute Gasteiger partial charge is 0.388 e. The van der Waals surface area contributed by atoms with Gasteiger partial charge in [0, 0.05) is 12.1 Å². The van der Waals surface area contributed by atoms with Crippen LogP contribution in [-0.2, 0) is 0 Å². The molecule has 2 rings (SSSR count). The van der Waals surface area contributed by atoms with Gasteiger partial charge in [-0.15, -0.1) is 0 Å². The number of nitro groups is 1. The molecular weight excluding hydrogens is 282 g/mol. The number of hydrogen-bond acceptors (Lipinski definition) is 4. The van der Waals surface area contributed by atoms with E-state index in [9.17, 15) is 20.3 Å². The highest BCUT2D eigenvalue weighted by atomic mass is 16.6. The van der Waals surface area contributed by atoms with Gasteiger partial charge in [0.25, 0.3) is 5.69 Å². The van der Waals surface area contributed by atoms with E-state index in [0.717, 1.165) is 5.56 Å². The summed E-state index contributed by atoms with van der Waals surface area (Å²) in [4.78, 5) is 10.1. The van der Waals surface area contributed by atoms with E-state index in [0.29, 0.717) is 12.0 Å². The van der Waals surface area contributed by atoms with Crippen LogP contribution in [0.1, 0.15) is 29.8 Å². The van der Waals surface area contributed by atoms with Crippen molar-refractivity contribution in [2.24, 2.45) is 0 Å². The van der Waals surface area contributed by atoms with Gasteiger partial charge in [-0.3, -0.25) is 10.1 Å². The first-order chi connectivity index (χ1) is 10.6. The average Bonchev–Trinajstić information content (AvgIpc) is 2.55. The fraction of sp³-hybridized carbons (Fsp3) is 0.176. The highest BCUT2D eigenvalue weighted by Crippen LogP contribution is 2.21. The number of aliphatic hydroxyl groups is 2. The van der Waals surface area contributed by atoms with Crippen LogP contribution in [0.3, 0.4) is 0 Å². The monoisotopic (exact) mass is 299 g/mol. The van der Waals surface area contributed by atoms with Crippen molar-refractivity contribution in [3.05, 3.63) is 88.0 Å². The lowest BCUT2D eigenvalue weighted by molar-refractivity contribution is -0.384. The smallest absolute Gasteiger partial charge is 0.269 e. The first-order valence-corrected chi connectivity index (χ1v) is 6.90. The van der Waals surface area contributed by atoms with Crippen LogP contribution in [0.4, 0.5) is 5.69 Å². The van der Waals surface area contributed by atoms with Gasteiger partial charge in [-0.1, -0.05) is 42.5 Å². The minimum Gasteiger partial charge on any atom is -0.388 e. The topological polar surface area (TPSA) is 83.6 Å². The highest BCUT2D eigenvalue weighted by molar-refractivity contribution is 5.34. The van der Waals surface area contributed by atoms with Crippen LogP contribution < -0.4 is 0 Å². The molecular formula is C17H17NO4. The molecule has 5 heteroatoms. The van der Waals surface area contributed by atoms with E-state index in [-0.39, 0.29) is 5.69 Å². The maximum Gasteiger partial charge on any atom is 0.269 e. The first kappa shape index (κ1) is 15.9. The molecule has 114 valence electrons. The van der Waals surface area contributed by atoms with Crippen molar-refractivity contribution in [2.75, 3.05) is 0 Å². The lowest BCUT2D eigenvalue weighted by Gasteiger charge is -2.09. The van der Waals surface area contributed by atoms with E-state index in [1.54, 1.807) is 12.2 Å². The van der Waals surface area contributed by atoms with Crippen LogP contribution in [0.25, 0.3) is 0 Å². The van der Waals surface area contributed by atoms with Crippen LogP contribution in [-0.4, -0.2) is 15.1 Å². The maximum atomic E-state index is 10.6. The molecule has 0 aliphatic rings. The third-order valence-electron chi connectivity index (χ3n) is 3.31. The lowest BCUT2D eigenvalue weighted by Crippen LogP contribution is -1.97. The molecule has 0 fully saturated rings. The van der Waals surface area contributed by atoms with Crippen molar-refractivity contribution >= 4 is 5.69 Å². The van der Waals surface area contributed by atoms with Gasteiger partial charge < -0.3 is 10.2 Å². The average molecular weight is 299 g/mol. The Morgan fingerprint density at radius 2 is 1.64 bits per heavy atom. The molecule has 0 amide bonds. The van der Waals surface area contributed by atoms with Crippen LogP contribution in [0, 0.1) is 10.1 Å². The summed E-state index contributed by atoms with van der Waals surface area (Å²) in [5, 5.41) is 30.6. The molecule has 5 nitrogen and oxygen atoms in total. The molecule has 0 saturated heterocycles. The van der Waals surface area contributed by atoms with Crippen molar-refractivity contribution in [3.8, 4) is 0 Å². The van der Waals surface area contributed by atoms with Crippen molar-refractivity contribution in [1.29, 1.82) is 0 Å². The van der Waals surface area contributed by atoms with E-state index in [1.807, 2.05) is 30.3 Å². The Kier molecular flexibility index (Phi) is 5.41. The number of non-ortho nitro benzene ring substituents is 1. The van der Waals surface area contributed by atoms with Crippen LogP contribution in [0.5, 0.6) is 0 Å². The molecule has 0 unspecified atom stereocenters. The van der Waals surface area contributed by atoms with Gasteiger partial charge in [0.2, 0.25) is 0 Å². The van der Waals surface area contributed by atoms with Crippen molar-refractivity contribution < 1.29 is 15.1 Å². The van der Waals surface area contributed by atoms with Gasteiger partial charge in [0.05, 0.1) is 17.1 Å². The second-order valence-electron chi connectivity index (χ2n) is 4.88. The summed E-state index contributed by atoms with van der Waals surface area (Å²) in [6.45, 7) is 0. The maximum absolute atomic E-state index is 10.6. The van der Waals surface area contributed by atoms with Gasteiger partial charge in [0.1, 0.15) is 0 Å². The predicted octanol–water partition coefficient (Wildman–Crippen LogP) is 3.31. The number of hydrogen-bond donors (Lipinski definition) is 2. The summed E-state index contributed by atoms with van der Waals surface area (Å²) in [5.41, 5.74) is 1.37. The Bertz CT molecular complexity index is 637. The molecule has 0 aliphatic carbocycles. The Labute approximate surface area is 128 Å². The van der Waals surface area contributed by atoms with Crippen LogP contribution in [0.15, 0.2) is 66.7 Å². The zero-order valence-corrected chi connectivity index (χ0v) is 11.9. The summed E-state index contributed by atoms with van der Waals surface area (Å²) in [5.74, 6) is 0. The Morgan fingerprint density at radius 3 is 2.23 bits per heavy atom. The summed E-state index contributed by atoms with van der Waals surface area (Å²) < 4.78 is 0. The van der Waals surface area contributed by atoms with Gasteiger partial charge in [0.15, 0.2) is 0 Å². The molecule has 2 aromatic carbocycles. The van der Waals surface area contributed by atoms with E-state index >= 15 is 0 Å². The third-order valence-corrected chi connectivity index (χ3v) is 3.31. The molecule has 0 radical (unpaired) electrons. The fourth-order valence-corrected chi connectivity index (χ4v) is 2.05. The first-order valence-electron chi connectivity index (χ1n) is 6.90. The van der Waals surface area contributed by atoms with Crippen molar-refractivity contribution in [3.63, 3.8) is 0 Å². The predicted molar refractivity (Wildman–Crippen MR) is 83.2 cm³/mol. The molecule has 22 heavy (non-hydrogen) atoms. The third kappa shape index (κ3) is 4.25. The number of aliphatic hydroxyl groups excluding tert-OH is 2. The van der Waals surface area contributed by atoms with E-state index < -0.39 is 17.1 Å². The van der Waals surface area contributed by atoms with E-state index in [1.165, 1.54) is 24.3 Å². The number of rotatable bonds is 6. The normalized spacial score (nSPS) is 13.9. The minimum absolute atomic E-state index is 0.00834. The van der Waals surface area contributed by atoms with Crippen molar-refractivity contribution in [1.82, 2.24) is 0 Å². The summed E-state index contributed by atoms with van der Waals surface area (Å²) in [6.07, 6.45) is 2.15. The standard InChI is InChI=1S/C17H17NO4/c19-16(13-5-2-1-3-6-13)7-4-8-17(20)14-9-11-15(12-10-14)18(21)22/h1-7,9-12,16-17,19-20H,8H2/b7-4-/t16-,17+/m1/s1. The van der Waals surface area contributed by atoms with Gasteiger partial charge in [-0.25, -0.2) is 0 Å². The molecule has 0 heterocycles. The second-order valence-corrected chi connectivity index (χ2v) is 4.88. The van der Waals surface area contributed by atoms with Gasteiger partial charge >= 0.3 is 0 Å². The Morgan fingerprint density at radius 1 is 1.00 bits per heavy atom. The van der Waals surface area contributed by atoms with E-state index in [2.05, 4.69) is 0 Å². The number of benzene rings is 2. The summed E-state index contributed by atoms with van der Waals surface area (Å²) in [6, 6.07) is 15.0. The van der Waals surface area contributed by atoms with E-state index in [4.69, 9.17) is 0 Å². The summed E-state index contributed by atoms with van der Waals surface area (Å²) >= 11 is 0. The van der Waals surface area contributed by atoms with Gasteiger partial charge in [-0.05, 0) is 29.7 Å². The zero-order chi connectivity index (χ0) is 15.9. The Balaban J connectivity index is 1.93. The summed E-state index contributed by atoms with van der Waals surface area (Å²) in [7, 11) is 0. The van der Waals surface area contributed by atoms with Crippen LogP contribution in [0.2, 0.25) is 0 Å². The number of nitrogens with zero attached hydrogens (tertiary/aromatic N) is 1. The molecule has 2 aromatic rings. The molecule has 0 saturated carbocycles. The second kappa shape index (κ2) is 7.49. The van der Waals surface area contributed by atoms with Gasteiger partial charge in [-0.2, -0.15) is 0 Å². The molecule has 2 atom stereocenters. The molecule has 0 spiro atoms. The minimum atomic E-state index is -0.764. The lowest BCUT2D eigenvalue weighted by atomic mass is 10.0.